The Hall–Kier alpha value is -6.88. The lowest BCUT2D eigenvalue weighted by molar-refractivity contribution is 1.26. The van der Waals surface area contributed by atoms with Crippen molar-refractivity contribution in [1.29, 1.82) is 0 Å². The smallest absolute Gasteiger partial charge is 0.0636 e. The van der Waals surface area contributed by atoms with E-state index in [1.807, 2.05) is 17.5 Å². The Kier molecular flexibility index (Phi) is 7.04. The number of nitrogens with zero attached hydrogens (tertiary/aromatic N) is 2. The van der Waals surface area contributed by atoms with E-state index in [2.05, 4.69) is 203 Å². The SMILES string of the molecule is c1ccc2cc(N(c3ccc(N(c4cc[nH]c4)c4ccc5c(c4)c4ccccc4c4c6ccccc6sc54)cc3)c3ccc4ccccc4c3)ccc2c1. The predicted octanol–water partition coefficient (Wildman–Crippen LogP) is 14.9. The van der Waals surface area contributed by atoms with Crippen LogP contribution in [0.4, 0.5) is 34.1 Å². The van der Waals surface area contributed by atoms with Gasteiger partial charge in [0.05, 0.1) is 5.69 Å². The van der Waals surface area contributed by atoms with Crippen molar-refractivity contribution in [3.63, 3.8) is 0 Å². The molecule has 3 nitrogen and oxygen atoms in total. The second kappa shape index (κ2) is 12.4. The van der Waals surface area contributed by atoms with Gasteiger partial charge >= 0.3 is 0 Å². The summed E-state index contributed by atoms with van der Waals surface area (Å²) >= 11 is 1.89. The van der Waals surface area contributed by atoms with Crippen molar-refractivity contribution in [2.75, 3.05) is 9.80 Å². The number of nitrogens with one attached hydrogen (secondary N) is 1. The molecule has 54 heavy (non-hydrogen) atoms. The van der Waals surface area contributed by atoms with Crippen LogP contribution in [0.2, 0.25) is 0 Å². The summed E-state index contributed by atoms with van der Waals surface area (Å²) in [6.45, 7) is 0. The third-order valence-corrected chi connectivity index (χ3v) is 12.0. The second-order valence-electron chi connectivity index (χ2n) is 13.9. The number of anilines is 6. The van der Waals surface area contributed by atoms with Gasteiger partial charge in [0, 0.05) is 66.4 Å². The summed E-state index contributed by atoms with van der Waals surface area (Å²) in [5.41, 5.74) is 6.61. The Bertz CT molecular complexity index is 3100. The minimum atomic E-state index is 1.08. The summed E-state index contributed by atoms with van der Waals surface area (Å²) in [5, 5.41) is 12.7. The number of fused-ring (bicyclic) bond motifs is 10. The van der Waals surface area contributed by atoms with Gasteiger partial charge in [0.1, 0.15) is 0 Å². The van der Waals surface area contributed by atoms with Gasteiger partial charge in [0.25, 0.3) is 0 Å². The van der Waals surface area contributed by atoms with Crippen molar-refractivity contribution in [1.82, 2.24) is 4.98 Å². The van der Waals surface area contributed by atoms with Crippen LogP contribution < -0.4 is 9.80 Å². The molecule has 0 aliphatic heterocycles. The van der Waals surface area contributed by atoms with E-state index in [4.69, 9.17) is 0 Å². The second-order valence-corrected chi connectivity index (χ2v) is 14.9. The quantitative estimate of drug-likeness (QED) is 0.174. The van der Waals surface area contributed by atoms with Crippen LogP contribution in [-0.4, -0.2) is 4.98 Å². The maximum atomic E-state index is 3.31. The average Bonchev–Trinajstić information content (AvgIpc) is 3.91. The Morgan fingerprint density at radius 3 is 1.52 bits per heavy atom. The topological polar surface area (TPSA) is 22.3 Å². The number of aromatic amines is 1. The Morgan fingerprint density at radius 1 is 0.352 bits per heavy atom. The van der Waals surface area contributed by atoms with E-state index in [1.54, 1.807) is 0 Å². The molecule has 11 rings (SSSR count). The zero-order valence-corrected chi connectivity index (χ0v) is 30.1. The van der Waals surface area contributed by atoms with Gasteiger partial charge in [-0.1, -0.05) is 109 Å². The summed E-state index contributed by atoms with van der Waals surface area (Å²) < 4.78 is 2.67. The van der Waals surface area contributed by atoms with E-state index in [0.29, 0.717) is 0 Å². The van der Waals surface area contributed by atoms with E-state index in [9.17, 15) is 0 Å². The molecule has 9 aromatic carbocycles. The fourth-order valence-electron chi connectivity index (χ4n) is 8.26. The monoisotopic (exact) mass is 707 g/mol. The van der Waals surface area contributed by atoms with Crippen molar-refractivity contribution < 1.29 is 0 Å². The van der Waals surface area contributed by atoms with Gasteiger partial charge in [-0.15, -0.1) is 11.3 Å². The Balaban J connectivity index is 1.06. The molecule has 0 saturated heterocycles. The van der Waals surface area contributed by atoms with Gasteiger partial charge < -0.3 is 14.8 Å². The lowest BCUT2D eigenvalue weighted by Crippen LogP contribution is -2.12. The summed E-state index contributed by atoms with van der Waals surface area (Å²) in [5.74, 6) is 0. The van der Waals surface area contributed by atoms with E-state index in [0.717, 1.165) is 34.1 Å². The number of aromatic nitrogens is 1. The van der Waals surface area contributed by atoms with Crippen molar-refractivity contribution in [2.45, 2.75) is 0 Å². The molecule has 0 unspecified atom stereocenters. The molecule has 11 aromatic rings. The summed E-state index contributed by atoms with van der Waals surface area (Å²) in [6.07, 6.45) is 4.07. The molecule has 0 atom stereocenters. The largest absolute Gasteiger partial charge is 0.366 e. The van der Waals surface area contributed by atoms with Crippen LogP contribution in [0.15, 0.2) is 194 Å². The van der Waals surface area contributed by atoms with E-state index in [-0.39, 0.29) is 0 Å². The molecule has 2 heterocycles. The molecular weight excluding hydrogens is 675 g/mol. The number of hydrogen-bond donors (Lipinski definition) is 1. The molecule has 1 N–H and O–H groups in total. The Labute approximate surface area is 316 Å². The molecule has 0 spiro atoms. The van der Waals surface area contributed by atoms with Crippen LogP contribution in [0.3, 0.4) is 0 Å². The first-order valence-corrected chi connectivity index (χ1v) is 19.1. The molecule has 0 radical (unpaired) electrons. The number of H-pyrrole nitrogens is 1. The highest BCUT2D eigenvalue weighted by atomic mass is 32.1. The summed E-state index contributed by atoms with van der Waals surface area (Å²) in [6, 6.07) is 66.4. The van der Waals surface area contributed by atoms with E-state index >= 15 is 0 Å². The standard InChI is InChI=1S/C50H33N3S/c1-3-11-35-29-39(19-17-33(35)9-1)52(40-20-18-34-10-2-4-12-36(34)30-40)37-21-23-38(24-22-37)53(42-27-28-51-32-42)41-25-26-45-47(31-41)43-13-5-6-14-44(43)49-46-15-7-8-16-48(46)54-50(45)49/h1-32,51H. The van der Waals surface area contributed by atoms with Gasteiger partial charge in [-0.3, -0.25) is 0 Å². The minimum Gasteiger partial charge on any atom is -0.366 e. The summed E-state index contributed by atoms with van der Waals surface area (Å²) in [7, 11) is 0. The summed E-state index contributed by atoms with van der Waals surface area (Å²) in [4.78, 5) is 8.02. The van der Waals surface area contributed by atoms with Gasteiger partial charge in [0.15, 0.2) is 0 Å². The van der Waals surface area contributed by atoms with Crippen LogP contribution in [-0.2, 0) is 0 Å². The van der Waals surface area contributed by atoms with Crippen LogP contribution in [0.5, 0.6) is 0 Å². The van der Waals surface area contributed by atoms with Gasteiger partial charge in [-0.05, 0) is 110 Å². The molecule has 4 heteroatoms. The van der Waals surface area contributed by atoms with Crippen molar-refractivity contribution in [2.24, 2.45) is 0 Å². The lowest BCUT2D eigenvalue weighted by atomic mass is 9.96. The number of hydrogen-bond acceptors (Lipinski definition) is 3. The first kappa shape index (κ1) is 30.7. The van der Waals surface area contributed by atoms with Crippen LogP contribution in [0.1, 0.15) is 0 Å². The van der Waals surface area contributed by atoms with Crippen molar-refractivity contribution in [3.05, 3.63) is 194 Å². The van der Waals surface area contributed by atoms with Crippen molar-refractivity contribution >= 4 is 109 Å². The van der Waals surface area contributed by atoms with Gasteiger partial charge in [-0.2, -0.15) is 0 Å². The van der Waals surface area contributed by atoms with Crippen LogP contribution >= 0.6 is 11.3 Å². The highest BCUT2D eigenvalue weighted by molar-refractivity contribution is 7.27. The van der Waals surface area contributed by atoms with Crippen LogP contribution in [0, 0.1) is 0 Å². The molecule has 0 fully saturated rings. The molecular formula is C50H33N3S. The predicted molar refractivity (Wildman–Crippen MR) is 233 cm³/mol. The highest BCUT2D eigenvalue weighted by Gasteiger charge is 2.19. The van der Waals surface area contributed by atoms with Gasteiger partial charge in [0.2, 0.25) is 0 Å². The third-order valence-electron chi connectivity index (χ3n) is 10.8. The maximum Gasteiger partial charge on any atom is 0.0636 e. The first-order chi connectivity index (χ1) is 26.8. The first-order valence-electron chi connectivity index (χ1n) is 18.3. The normalized spacial score (nSPS) is 11.7. The molecule has 0 aliphatic carbocycles. The fraction of sp³-hybridized carbons (Fsp3) is 0. The number of rotatable bonds is 6. The molecule has 0 bridgehead atoms. The van der Waals surface area contributed by atoms with Crippen molar-refractivity contribution in [3.8, 4) is 0 Å². The maximum absolute atomic E-state index is 3.31. The molecule has 0 saturated carbocycles. The third kappa shape index (κ3) is 4.96. The van der Waals surface area contributed by atoms with Gasteiger partial charge in [-0.25, -0.2) is 0 Å². The zero-order chi connectivity index (χ0) is 35.6. The molecule has 0 aliphatic rings. The zero-order valence-electron chi connectivity index (χ0n) is 29.3. The van der Waals surface area contributed by atoms with E-state index < -0.39 is 0 Å². The molecule has 2 aromatic heterocycles. The lowest BCUT2D eigenvalue weighted by Gasteiger charge is -2.28. The van der Waals surface area contributed by atoms with Crippen LogP contribution in [0.25, 0.3) is 63.3 Å². The van der Waals surface area contributed by atoms with E-state index in [1.165, 1.54) is 63.3 Å². The highest BCUT2D eigenvalue weighted by Crippen LogP contribution is 2.46. The molecule has 0 amide bonds. The minimum absolute atomic E-state index is 1.08. The fourth-order valence-corrected chi connectivity index (χ4v) is 9.52. The number of benzene rings is 9. The molecule has 254 valence electrons. The average molecular weight is 708 g/mol. The Morgan fingerprint density at radius 2 is 0.870 bits per heavy atom. The number of thiophene rings is 1.